The van der Waals surface area contributed by atoms with Crippen molar-refractivity contribution in [3.8, 4) is 11.3 Å². The van der Waals surface area contributed by atoms with Crippen molar-refractivity contribution in [1.82, 2.24) is 4.98 Å². The number of aromatic nitrogens is 1. The van der Waals surface area contributed by atoms with E-state index in [0.717, 1.165) is 17.2 Å². The molecule has 2 aromatic rings. The molecule has 0 aliphatic heterocycles. The first-order valence-electron chi connectivity index (χ1n) is 5.07. The predicted molar refractivity (Wildman–Crippen MR) is 59.0 cm³/mol. The van der Waals surface area contributed by atoms with Crippen LogP contribution in [-0.4, -0.2) is 4.98 Å². The number of rotatable bonds is 1. The quantitative estimate of drug-likeness (QED) is 0.688. The van der Waals surface area contributed by atoms with Gasteiger partial charge in [-0.15, -0.1) is 0 Å². The van der Waals surface area contributed by atoms with E-state index >= 15 is 0 Å². The molecule has 1 aromatic heterocycles. The minimum atomic E-state index is -1.20. The van der Waals surface area contributed by atoms with Gasteiger partial charge >= 0.3 is 0 Å². The van der Waals surface area contributed by atoms with Crippen molar-refractivity contribution in [3.63, 3.8) is 0 Å². The number of benzene rings is 1. The molecule has 0 N–H and O–H groups in total. The average molecular weight is 237 g/mol. The molecule has 1 nitrogen and oxygen atoms in total. The van der Waals surface area contributed by atoms with E-state index in [-0.39, 0.29) is 5.56 Å². The maximum Gasteiger partial charge on any atom is 0.161 e. The third-order valence-corrected chi connectivity index (χ3v) is 2.66. The first-order chi connectivity index (χ1) is 7.99. The van der Waals surface area contributed by atoms with Crippen LogP contribution in [0.15, 0.2) is 24.4 Å². The summed E-state index contributed by atoms with van der Waals surface area (Å²) in [4.78, 5) is 4.01. The molecule has 0 saturated carbocycles. The highest BCUT2D eigenvalue weighted by atomic mass is 19.2. The number of aryl methyl sites for hydroxylation is 2. The number of nitrogens with zero attached hydrogens (tertiary/aromatic N) is 1. The number of halogens is 3. The second-order valence-electron chi connectivity index (χ2n) is 3.90. The molecule has 1 aromatic carbocycles. The molecule has 0 atom stereocenters. The molecule has 88 valence electrons. The number of pyridine rings is 1. The van der Waals surface area contributed by atoms with Crippen LogP contribution in [0, 0.1) is 31.3 Å². The summed E-state index contributed by atoms with van der Waals surface area (Å²) in [5.41, 5.74) is 2.13. The molecule has 0 fully saturated rings. The predicted octanol–water partition coefficient (Wildman–Crippen LogP) is 3.78. The van der Waals surface area contributed by atoms with E-state index in [4.69, 9.17) is 0 Å². The van der Waals surface area contributed by atoms with E-state index < -0.39 is 17.5 Å². The van der Waals surface area contributed by atoms with Crippen LogP contribution in [0.3, 0.4) is 0 Å². The molecular weight excluding hydrogens is 227 g/mol. The van der Waals surface area contributed by atoms with Gasteiger partial charge in [0.25, 0.3) is 0 Å². The van der Waals surface area contributed by atoms with Gasteiger partial charge in [0.1, 0.15) is 5.82 Å². The SMILES string of the molecule is Cc1cnc(-c2cc(F)c(F)cc2F)cc1C. The first-order valence-corrected chi connectivity index (χ1v) is 5.07. The topological polar surface area (TPSA) is 12.9 Å². The smallest absolute Gasteiger partial charge is 0.161 e. The lowest BCUT2D eigenvalue weighted by atomic mass is 10.1. The third kappa shape index (κ3) is 2.16. The van der Waals surface area contributed by atoms with E-state index in [0.29, 0.717) is 11.8 Å². The van der Waals surface area contributed by atoms with Gasteiger partial charge in [-0.1, -0.05) is 0 Å². The molecule has 17 heavy (non-hydrogen) atoms. The molecule has 0 saturated heterocycles. The van der Waals surface area contributed by atoms with E-state index in [1.165, 1.54) is 0 Å². The summed E-state index contributed by atoms with van der Waals surface area (Å²) < 4.78 is 39.3. The van der Waals surface area contributed by atoms with Gasteiger partial charge in [0, 0.05) is 17.8 Å². The summed E-state index contributed by atoms with van der Waals surface area (Å²) in [6.07, 6.45) is 1.57. The molecule has 0 radical (unpaired) electrons. The van der Waals surface area contributed by atoms with E-state index in [9.17, 15) is 13.2 Å². The Labute approximate surface area is 96.9 Å². The number of hydrogen-bond donors (Lipinski definition) is 0. The minimum absolute atomic E-state index is 0.0352. The van der Waals surface area contributed by atoms with Crippen LogP contribution >= 0.6 is 0 Å². The van der Waals surface area contributed by atoms with Gasteiger partial charge in [0.05, 0.1) is 5.69 Å². The standard InChI is InChI=1S/C13H10F3N/c1-7-3-13(17-6-8(7)2)9-4-11(15)12(16)5-10(9)14/h3-6H,1-2H3. The summed E-state index contributed by atoms with van der Waals surface area (Å²) in [5.74, 6) is -3.10. The van der Waals surface area contributed by atoms with Crippen LogP contribution in [0.2, 0.25) is 0 Å². The first kappa shape index (κ1) is 11.6. The summed E-state index contributed by atoms with van der Waals surface area (Å²) in [6.45, 7) is 3.71. The number of hydrogen-bond acceptors (Lipinski definition) is 1. The Balaban J connectivity index is 2.60. The highest BCUT2D eigenvalue weighted by Gasteiger charge is 2.12. The lowest BCUT2D eigenvalue weighted by Gasteiger charge is -2.06. The maximum atomic E-state index is 13.5. The van der Waals surface area contributed by atoms with E-state index in [1.54, 1.807) is 12.3 Å². The highest BCUT2D eigenvalue weighted by molar-refractivity contribution is 5.61. The molecular formula is C13H10F3N. The molecule has 0 amide bonds. The van der Waals surface area contributed by atoms with Crippen molar-refractivity contribution >= 4 is 0 Å². The van der Waals surface area contributed by atoms with E-state index in [1.807, 2.05) is 13.8 Å². The lowest BCUT2D eigenvalue weighted by Crippen LogP contribution is -1.94. The fraction of sp³-hybridized carbons (Fsp3) is 0.154. The van der Waals surface area contributed by atoms with Gasteiger partial charge in [-0.25, -0.2) is 13.2 Å². The van der Waals surface area contributed by atoms with Crippen LogP contribution in [-0.2, 0) is 0 Å². The maximum absolute atomic E-state index is 13.5. The highest BCUT2D eigenvalue weighted by Crippen LogP contribution is 2.24. The van der Waals surface area contributed by atoms with Crippen molar-refractivity contribution < 1.29 is 13.2 Å². The Morgan fingerprint density at radius 3 is 2.12 bits per heavy atom. The van der Waals surface area contributed by atoms with Gasteiger partial charge in [0.15, 0.2) is 11.6 Å². The normalized spacial score (nSPS) is 10.6. The van der Waals surface area contributed by atoms with Crippen molar-refractivity contribution in [1.29, 1.82) is 0 Å². The zero-order chi connectivity index (χ0) is 12.6. The lowest BCUT2D eigenvalue weighted by molar-refractivity contribution is 0.496. The van der Waals surface area contributed by atoms with Crippen LogP contribution in [0.5, 0.6) is 0 Å². The Bertz CT molecular complexity index is 579. The van der Waals surface area contributed by atoms with Crippen molar-refractivity contribution in [2.75, 3.05) is 0 Å². The summed E-state index contributed by atoms with van der Waals surface area (Å²) >= 11 is 0. The van der Waals surface area contributed by atoms with Crippen molar-refractivity contribution in [3.05, 3.63) is 53.0 Å². The molecule has 0 unspecified atom stereocenters. The zero-order valence-electron chi connectivity index (χ0n) is 9.39. The van der Waals surface area contributed by atoms with Gasteiger partial charge in [-0.2, -0.15) is 0 Å². The molecule has 0 spiro atoms. The third-order valence-electron chi connectivity index (χ3n) is 2.66. The van der Waals surface area contributed by atoms with Crippen LogP contribution in [0.25, 0.3) is 11.3 Å². The Morgan fingerprint density at radius 2 is 1.47 bits per heavy atom. The second-order valence-corrected chi connectivity index (χ2v) is 3.90. The van der Waals surface area contributed by atoms with Crippen LogP contribution < -0.4 is 0 Å². The summed E-state index contributed by atoms with van der Waals surface area (Å²) in [5, 5.41) is 0. The molecule has 0 bridgehead atoms. The van der Waals surface area contributed by atoms with Crippen LogP contribution in [0.1, 0.15) is 11.1 Å². The van der Waals surface area contributed by atoms with E-state index in [2.05, 4.69) is 4.98 Å². The fourth-order valence-electron chi connectivity index (χ4n) is 1.49. The van der Waals surface area contributed by atoms with Gasteiger partial charge in [0.2, 0.25) is 0 Å². The molecule has 2 rings (SSSR count). The van der Waals surface area contributed by atoms with Gasteiger partial charge in [-0.05, 0) is 37.1 Å². The molecule has 1 heterocycles. The van der Waals surface area contributed by atoms with Gasteiger partial charge < -0.3 is 0 Å². The monoisotopic (exact) mass is 237 g/mol. The largest absolute Gasteiger partial charge is 0.256 e. The summed E-state index contributed by atoms with van der Waals surface area (Å²) in [6, 6.07) is 2.99. The summed E-state index contributed by atoms with van der Waals surface area (Å²) in [7, 11) is 0. The Hall–Kier alpha value is -1.84. The zero-order valence-corrected chi connectivity index (χ0v) is 9.39. The Kier molecular flexibility index (Phi) is 2.88. The fourth-order valence-corrected chi connectivity index (χ4v) is 1.49. The van der Waals surface area contributed by atoms with Gasteiger partial charge in [-0.3, -0.25) is 4.98 Å². The van der Waals surface area contributed by atoms with Crippen molar-refractivity contribution in [2.24, 2.45) is 0 Å². The molecule has 0 aliphatic rings. The average Bonchev–Trinajstić information content (AvgIpc) is 2.27. The minimum Gasteiger partial charge on any atom is -0.256 e. The molecule has 0 aliphatic carbocycles. The van der Waals surface area contributed by atoms with Crippen molar-refractivity contribution in [2.45, 2.75) is 13.8 Å². The second kappa shape index (κ2) is 4.20. The molecule has 4 heteroatoms. The van der Waals surface area contributed by atoms with Crippen LogP contribution in [0.4, 0.5) is 13.2 Å². The Morgan fingerprint density at radius 1 is 0.824 bits per heavy atom.